The third kappa shape index (κ3) is 3.56. The summed E-state index contributed by atoms with van der Waals surface area (Å²) in [5.41, 5.74) is 0.411. The molecule has 0 N–H and O–H groups in total. The number of alkyl halides is 3. The van der Waals surface area contributed by atoms with Crippen molar-refractivity contribution in [1.82, 2.24) is 0 Å². The van der Waals surface area contributed by atoms with Gasteiger partial charge in [0, 0.05) is 5.56 Å². The maximum Gasteiger partial charge on any atom is 0.429 e. The fourth-order valence-corrected chi connectivity index (χ4v) is 3.51. The molecule has 1 unspecified atom stereocenters. The topological polar surface area (TPSA) is 18.5 Å². The van der Waals surface area contributed by atoms with Gasteiger partial charge in [-0.3, -0.25) is 0 Å². The van der Waals surface area contributed by atoms with Crippen LogP contribution in [-0.4, -0.2) is 18.9 Å². The number of ether oxygens (including phenoxy) is 2. The molecule has 3 rings (SSSR count). The number of rotatable bonds is 3. The first-order chi connectivity index (χ1) is 10.9. The van der Waals surface area contributed by atoms with Gasteiger partial charge in [-0.15, -0.1) is 0 Å². The van der Waals surface area contributed by atoms with Crippen LogP contribution in [0.25, 0.3) is 6.08 Å². The Morgan fingerprint density at radius 2 is 1.91 bits per heavy atom. The Labute approximate surface area is 142 Å². The predicted molar refractivity (Wildman–Crippen MR) is 83.4 cm³/mol. The molecule has 1 atom stereocenters. The third-order valence-corrected chi connectivity index (χ3v) is 4.74. The summed E-state index contributed by atoms with van der Waals surface area (Å²) in [5, 5.41) is 0.259. The van der Waals surface area contributed by atoms with Gasteiger partial charge in [-0.25, -0.2) is 0 Å². The molecular weight excluding hydrogens is 352 g/mol. The predicted octanol–water partition coefficient (Wildman–Crippen LogP) is 5.90. The standard InChI is InChI=1S/C16H15Cl2F3O2/c17-11-7-10-5-6-12(16(19,20)21)23-14(10)13(18)15(11)22-8-9-3-1-2-4-9/h5-7,9,12H,1-4,8H2. The van der Waals surface area contributed by atoms with Gasteiger partial charge in [0.2, 0.25) is 6.10 Å². The summed E-state index contributed by atoms with van der Waals surface area (Å²) in [6.07, 6.45) is 0.231. The lowest BCUT2D eigenvalue weighted by molar-refractivity contribution is -0.180. The average Bonchev–Trinajstić information content (AvgIpc) is 2.99. The Hall–Kier alpha value is -1.07. The maximum absolute atomic E-state index is 12.8. The zero-order valence-electron chi connectivity index (χ0n) is 12.1. The molecule has 0 saturated heterocycles. The van der Waals surface area contributed by atoms with Crippen molar-refractivity contribution in [2.45, 2.75) is 38.0 Å². The number of halogens is 5. The summed E-state index contributed by atoms with van der Waals surface area (Å²) in [4.78, 5) is 0. The van der Waals surface area contributed by atoms with Crippen molar-refractivity contribution in [3.63, 3.8) is 0 Å². The first-order valence-corrected chi connectivity index (χ1v) is 8.18. The molecule has 1 fully saturated rings. The van der Waals surface area contributed by atoms with Gasteiger partial charge in [-0.05, 0) is 30.9 Å². The first kappa shape index (κ1) is 16.8. The lowest BCUT2D eigenvalue weighted by atomic mass is 10.1. The van der Waals surface area contributed by atoms with Crippen LogP contribution in [0.5, 0.6) is 11.5 Å². The van der Waals surface area contributed by atoms with Gasteiger partial charge >= 0.3 is 6.18 Å². The highest BCUT2D eigenvalue weighted by Gasteiger charge is 2.42. The SMILES string of the molecule is FC(F)(F)C1C=Cc2cc(Cl)c(OCC3CCCC3)c(Cl)c2O1. The molecule has 0 bridgehead atoms. The van der Waals surface area contributed by atoms with E-state index in [0.717, 1.165) is 18.9 Å². The van der Waals surface area contributed by atoms with E-state index < -0.39 is 12.3 Å². The number of hydrogen-bond donors (Lipinski definition) is 0. The molecule has 0 aromatic heterocycles. The van der Waals surface area contributed by atoms with Crippen molar-refractivity contribution < 1.29 is 22.6 Å². The molecule has 1 aliphatic heterocycles. The zero-order valence-corrected chi connectivity index (χ0v) is 13.6. The minimum atomic E-state index is -4.50. The van der Waals surface area contributed by atoms with Crippen LogP contribution in [0.15, 0.2) is 12.1 Å². The Bertz CT molecular complexity index is 623. The molecular formula is C16H15Cl2F3O2. The molecule has 7 heteroatoms. The molecule has 1 aromatic rings. The van der Waals surface area contributed by atoms with Crippen molar-refractivity contribution in [1.29, 1.82) is 0 Å². The minimum Gasteiger partial charge on any atom is -0.490 e. The van der Waals surface area contributed by atoms with E-state index in [1.165, 1.54) is 25.0 Å². The Morgan fingerprint density at radius 3 is 2.57 bits per heavy atom. The second kappa shape index (κ2) is 6.44. The third-order valence-electron chi connectivity index (χ3n) is 4.12. The van der Waals surface area contributed by atoms with Gasteiger partial charge < -0.3 is 9.47 Å². The molecule has 1 aliphatic carbocycles. The van der Waals surface area contributed by atoms with Crippen LogP contribution >= 0.6 is 23.2 Å². The Kier molecular flexibility index (Phi) is 4.70. The fraction of sp³-hybridized carbons (Fsp3) is 0.500. The lowest BCUT2D eigenvalue weighted by Crippen LogP contribution is -2.34. The minimum absolute atomic E-state index is 0.0101. The van der Waals surface area contributed by atoms with Crippen LogP contribution in [0.2, 0.25) is 10.0 Å². The molecule has 1 saturated carbocycles. The van der Waals surface area contributed by atoms with Crippen LogP contribution in [0.4, 0.5) is 13.2 Å². The maximum atomic E-state index is 12.8. The highest BCUT2D eigenvalue weighted by Crippen LogP contribution is 2.46. The van der Waals surface area contributed by atoms with E-state index in [-0.39, 0.29) is 21.5 Å². The summed E-state index contributed by atoms with van der Waals surface area (Å²) in [6, 6.07) is 1.51. The van der Waals surface area contributed by atoms with Gasteiger partial charge in [0.05, 0.1) is 11.6 Å². The summed E-state index contributed by atoms with van der Waals surface area (Å²) in [7, 11) is 0. The van der Waals surface area contributed by atoms with Crippen molar-refractivity contribution in [3.8, 4) is 11.5 Å². The molecule has 1 aromatic carbocycles. The number of hydrogen-bond acceptors (Lipinski definition) is 2. The number of benzene rings is 1. The van der Waals surface area contributed by atoms with Gasteiger partial charge in [0.1, 0.15) is 10.8 Å². The van der Waals surface area contributed by atoms with E-state index in [4.69, 9.17) is 32.7 Å². The van der Waals surface area contributed by atoms with E-state index in [9.17, 15) is 13.2 Å². The first-order valence-electron chi connectivity index (χ1n) is 7.42. The molecule has 0 amide bonds. The molecule has 2 aliphatic rings. The summed E-state index contributed by atoms with van der Waals surface area (Å²) in [6.45, 7) is 0.455. The largest absolute Gasteiger partial charge is 0.490 e. The summed E-state index contributed by atoms with van der Waals surface area (Å²) < 4.78 is 49.2. The highest BCUT2D eigenvalue weighted by molar-refractivity contribution is 6.38. The second-order valence-corrected chi connectivity index (χ2v) is 6.61. The molecule has 126 valence electrons. The zero-order chi connectivity index (χ0) is 16.6. The monoisotopic (exact) mass is 366 g/mol. The van der Waals surface area contributed by atoms with E-state index in [1.54, 1.807) is 0 Å². The molecule has 0 spiro atoms. The van der Waals surface area contributed by atoms with Crippen LogP contribution in [0, 0.1) is 5.92 Å². The second-order valence-electron chi connectivity index (χ2n) is 5.82. The van der Waals surface area contributed by atoms with Crippen LogP contribution < -0.4 is 9.47 Å². The van der Waals surface area contributed by atoms with E-state index in [1.807, 2.05) is 0 Å². The average molecular weight is 367 g/mol. The Morgan fingerprint density at radius 1 is 1.22 bits per heavy atom. The summed E-state index contributed by atoms with van der Waals surface area (Å²) in [5.74, 6) is 0.583. The van der Waals surface area contributed by atoms with Crippen molar-refractivity contribution >= 4 is 29.3 Å². The summed E-state index contributed by atoms with van der Waals surface area (Å²) >= 11 is 12.4. The van der Waals surface area contributed by atoms with Crippen molar-refractivity contribution in [3.05, 3.63) is 27.8 Å². The fourth-order valence-electron chi connectivity index (χ4n) is 2.89. The lowest BCUT2D eigenvalue weighted by Gasteiger charge is -2.25. The van der Waals surface area contributed by atoms with Crippen molar-refractivity contribution in [2.75, 3.05) is 6.61 Å². The van der Waals surface area contributed by atoms with Crippen LogP contribution in [0.1, 0.15) is 31.2 Å². The normalized spacial score (nSPS) is 21.2. The van der Waals surface area contributed by atoms with E-state index in [0.29, 0.717) is 18.1 Å². The smallest absolute Gasteiger partial charge is 0.429 e. The molecule has 2 nitrogen and oxygen atoms in total. The van der Waals surface area contributed by atoms with Gasteiger partial charge in [0.25, 0.3) is 0 Å². The quantitative estimate of drug-likeness (QED) is 0.662. The van der Waals surface area contributed by atoms with Crippen LogP contribution in [-0.2, 0) is 0 Å². The van der Waals surface area contributed by atoms with Gasteiger partial charge in [-0.2, -0.15) is 13.2 Å². The van der Waals surface area contributed by atoms with Crippen molar-refractivity contribution in [2.24, 2.45) is 5.92 Å². The molecule has 1 heterocycles. The van der Waals surface area contributed by atoms with Gasteiger partial charge in [0.15, 0.2) is 5.75 Å². The molecule has 23 heavy (non-hydrogen) atoms. The number of fused-ring (bicyclic) bond motifs is 1. The van der Waals surface area contributed by atoms with Gasteiger partial charge in [-0.1, -0.05) is 42.1 Å². The van der Waals surface area contributed by atoms with E-state index in [2.05, 4.69) is 0 Å². The Balaban J connectivity index is 1.84. The van der Waals surface area contributed by atoms with E-state index >= 15 is 0 Å². The highest BCUT2D eigenvalue weighted by atomic mass is 35.5. The van der Waals surface area contributed by atoms with Crippen LogP contribution in [0.3, 0.4) is 0 Å². The molecule has 0 radical (unpaired) electrons.